The van der Waals surface area contributed by atoms with E-state index in [0.717, 1.165) is 22.5 Å². The lowest BCUT2D eigenvalue weighted by Gasteiger charge is -2.07. The van der Waals surface area contributed by atoms with Gasteiger partial charge >= 0.3 is 0 Å². The van der Waals surface area contributed by atoms with Gasteiger partial charge in [-0.15, -0.1) is 0 Å². The normalized spacial score (nSPS) is 10.1. The van der Waals surface area contributed by atoms with Gasteiger partial charge in [0.1, 0.15) is 4.60 Å². The molecule has 0 saturated heterocycles. The first-order valence-corrected chi connectivity index (χ1v) is 5.56. The number of carbonyl (C=O) groups excluding carboxylic acids is 1. The summed E-state index contributed by atoms with van der Waals surface area (Å²) in [6, 6.07) is 3.63. The van der Waals surface area contributed by atoms with Crippen LogP contribution in [-0.2, 0) is 4.79 Å². The highest BCUT2D eigenvalue weighted by Crippen LogP contribution is 2.15. The Morgan fingerprint density at radius 2 is 2.27 bits per heavy atom. The van der Waals surface area contributed by atoms with Crippen LogP contribution in [0.25, 0.3) is 0 Å². The lowest BCUT2D eigenvalue weighted by atomic mass is 10.3. The van der Waals surface area contributed by atoms with Crippen LogP contribution in [0, 0.1) is 6.92 Å². The van der Waals surface area contributed by atoms with E-state index in [0.29, 0.717) is 6.54 Å². The Balaban J connectivity index is 2.60. The molecule has 0 aliphatic rings. The number of rotatable bonds is 4. The topological polar surface area (TPSA) is 54.0 Å². The first kappa shape index (κ1) is 12.1. The summed E-state index contributed by atoms with van der Waals surface area (Å²) in [5.74, 6) is -0.0518. The maximum Gasteiger partial charge on any atom is 0.238 e. The molecule has 0 radical (unpaired) electrons. The zero-order valence-electron chi connectivity index (χ0n) is 8.80. The van der Waals surface area contributed by atoms with Crippen LogP contribution in [0.2, 0.25) is 0 Å². The molecule has 1 amide bonds. The van der Waals surface area contributed by atoms with Crippen LogP contribution >= 0.6 is 15.9 Å². The van der Waals surface area contributed by atoms with Gasteiger partial charge in [-0.05, 0) is 41.5 Å². The zero-order chi connectivity index (χ0) is 11.3. The van der Waals surface area contributed by atoms with E-state index in [1.807, 2.05) is 19.9 Å². The number of likely N-dealkylation sites (N-methyl/N-ethyl adjacent to an activating group) is 1. The summed E-state index contributed by atoms with van der Waals surface area (Å²) in [4.78, 5) is 15.6. The van der Waals surface area contributed by atoms with E-state index in [1.165, 1.54) is 0 Å². The van der Waals surface area contributed by atoms with Crippen LogP contribution in [-0.4, -0.2) is 24.0 Å². The average Bonchev–Trinajstić information content (AvgIpc) is 2.19. The number of anilines is 1. The summed E-state index contributed by atoms with van der Waals surface area (Å²) < 4.78 is 0.768. The third kappa shape index (κ3) is 3.97. The SMILES string of the molecule is CCNCC(=O)Nc1ccc(Br)nc1C. The Hall–Kier alpha value is -0.940. The van der Waals surface area contributed by atoms with Crippen LogP contribution in [0.5, 0.6) is 0 Å². The minimum absolute atomic E-state index is 0.0518. The largest absolute Gasteiger partial charge is 0.323 e. The highest BCUT2D eigenvalue weighted by Gasteiger charge is 2.04. The van der Waals surface area contributed by atoms with E-state index in [4.69, 9.17) is 0 Å². The monoisotopic (exact) mass is 271 g/mol. The fraction of sp³-hybridized carbons (Fsp3) is 0.400. The number of hydrogen-bond acceptors (Lipinski definition) is 3. The summed E-state index contributed by atoms with van der Waals surface area (Å²) in [6.45, 7) is 4.92. The Morgan fingerprint density at radius 3 is 2.87 bits per heavy atom. The molecule has 82 valence electrons. The van der Waals surface area contributed by atoms with Crippen molar-refractivity contribution in [2.75, 3.05) is 18.4 Å². The second-order valence-corrected chi connectivity index (χ2v) is 3.91. The molecule has 4 nitrogen and oxygen atoms in total. The summed E-state index contributed by atoms with van der Waals surface area (Å²) in [6.07, 6.45) is 0. The van der Waals surface area contributed by atoms with E-state index in [1.54, 1.807) is 6.07 Å². The van der Waals surface area contributed by atoms with Crippen molar-refractivity contribution in [1.82, 2.24) is 10.3 Å². The van der Waals surface area contributed by atoms with Crippen LogP contribution < -0.4 is 10.6 Å². The van der Waals surface area contributed by atoms with E-state index in [2.05, 4.69) is 31.5 Å². The van der Waals surface area contributed by atoms with Gasteiger partial charge in [-0.3, -0.25) is 4.79 Å². The zero-order valence-corrected chi connectivity index (χ0v) is 10.4. The van der Waals surface area contributed by atoms with E-state index in [-0.39, 0.29) is 5.91 Å². The van der Waals surface area contributed by atoms with Crippen LogP contribution in [0.3, 0.4) is 0 Å². The fourth-order valence-corrected chi connectivity index (χ4v) is 1.49. The summed E-state index contributed by atoms with van der Waals surface area (Å²) in [5, 5.41) is 5.74. The molecule has 0 aliphatic heterocycles. The highest BCUT2D eigenvalue weighted by atomic mass is 79.9. The predicted molar refractivity (Wildman–Crippen MR) is 63.8 cm³/mol. The Labute approximate surface area is 97.6 Å². The smallest absolute Gasteiger partial charge is 0.238 e. The summed E-state index contributed by atoms with van der Waals surface area (Å²) >= 11 is 3.27. The Bertz CT molecular complexity index is 355. The molecule has 0 unspecified atom stereocenters. The first-order valence-electron chi connectivity index (χ1n) is 4.77. The molecule has 0 spiro atoms. The minimum Gasteiger partial charge on any atom is -0.323 e. The van der Waals surface area contributed by atoms with Gasteiger partial charge in [-0.25, -0.2) is 4.98 Å². The van der Waals surface area contributed by atoms with Crippen molar-refractivity contribution < 1.29 is 4.79 Å². The molecule has 2 N–H and O–H groups in total. The van der Waals surface area contributed by atoms with Gasteiger partial charge in [-0.1, -0.05) is 6.92 Å². The van der Waals surface area contributed by atoms with Crippen LogP contribution in [0.4, 0.5) is 5.69 Å². The van der Waals surface area contributed by atoms with E-state index < -0.39 is 0 Å². The van der Waals surface area contributed by atoms with Crippen molar-refractivity contribution in [2.24, 2.45) is 0 Å². The molecule has 1 aromatic heterocycles. The molecule has 5 heteroatoms. The molecule has 0 aromatic carbocycles. The predicted octanol–water partition coefficient (Wildman–Crippen LogP) is 1.70. The second kappa shape index (κ2) is 5.82. The number of aromatic nitrogens is 1. The van der Waals surface area contributed by atoms with E-state index in [9.17, 15) is 4.79 Å². The lowest BCUT2D eigenvalue weighted by molar-refractivity contribution is -0.115. The van der Waals surface area contributed by atoms with Crippen LogP contribution in [0.1, 0.15) is 12.6 Å². The average molecular weight is 272 g/mol. The van der Waals surface area contributed by atoms with Gasteiger partial charge in [-0.2, -0.15) is 0 Å². The Kier molecular flexibility index (Phi) is 4.71. The molecule has 0 fully saturated rings. The molecule has 1 rings (SSSR count). The number of amides is 1. The lowest BCUT2D eigenvalue weighted by Crippen LogP contribution is -2.28. The molecule has 0 atom stereocenters. The van der Waals surface area contributed by atoms with Crippen molar-refractivity contribution >= 4 is 27.5 Å². The van der Waals surface area contributed by atoms with Gasteiger partial charge in [0.2, 0.25) is 5.91 Å². The molecule has 15 heavy (non-hydrogen) atoms. The molecular formula is C10H14BrN3O. The molecule has 1 aromatic rings. The fourth-order valence-electron chi connectivity index (χ4n) is 1.10. The van der Waals surface area contributed by atoms with Crippen LogP contribution in [0.15, 0.2) is 16.7 Å². The number of nitrogens with one attached hydrogen (secondary N) is 2. The maximum absolute atomic E-state index is 11.4. The molecule has 0 aliphatic carbocycles. The Morgan fingerprint density at radius 1 is 1.53 bits per heavy atom. The number of halogens is 1. The summed E-state index contributed by atoms with van der Waals surface area (Å²) in [7, 11) is 0. The van der Waals surface area contributed by atoms with Gasteiger partial charge in [0.25, 0.3) is 0 Å². The number of nitrogens with zero attached hydrogens (tertiary/aromatic N) is 1. The van der Waals surface area contributed by atoms with E-state index >= 15 is 0 Å². The second-order valence-electron chi connectivity index (χ2n) is 3.10. The van der Waals surface area contributed by atoms with Gasteiger partial charge in [0, 0.05) is 0 Å². The number of hydrogen-bond donors (Lipinski definition) is 2. The molecule has 0 saturated carbocycles. The third-order valence-electron chi connectivity index (χ3n) is 1.86. The van der Waals surface area contributed by atoms with Gasteiger partial charge in [0.15, 0.2) is 0 Å². The molecular weight excluding hydrogens is 258 g/mol. The first-order chi connectivity index (χ1) is 7.13. The number of pyridine rings is 1. The van der Waals surface area contributed by atoms with Crippen molar-refractivity contribution in [3.05, 3.63) is 22.4 Å². The molecule has 1 heterocycles. The molecule has 0 bridgehead atoms. The highest BCUT2D eigenvalue weighted by molar-refractivity contribution is 9.10. The van der Waals surface area contributed by atoms with Crippen molar-refractivity contribution in [3.8, 4) is 0 Å². The standard InChI is InChI=1S/C10H14BrN3O/c1-3-12-6-10(15)14-8-4-5-9(11)13-7(8)2/h4-5,12H,3,6H2,1-2H3,(H,14,15). The summed E-state index contributed by atoms with van der Waals surface area (Å²) in [5.41, 5.74) is 1.55. The number of carbonyl (C=O) groups is 1. The third-order valence-corrected chi connectivity index (χ3v) is 2.30. The number of aryl methyl sites for hydroxylation is 1. The van der Waals surface area contributed by atoms with Gasteiger partial charge in [0.05, 0.1) is 17.9 Å². The van der Waals surface area contributed by atoms with Crippen molar-refractivity contribution in [3.63, 3.8) is 0 Å². The minimum atomic E-state index is -0.0518. The van der Waals surface area contributed by atoms with Crippen molar-refractivity contribution in [2.45, 2.75) is 13.8 Å². The maximum atomic E-state index is 11.4. The van der Waals surface area contributed by atoms with Crippen molar-refractivity contribution in [1.29, 1.82) is 0 Å². The van der Waals surface area contributed by atoms with Gasteiger partial charge < -0.3 is 10.6 Å². The quantitative estimate of drug-likeness (QED) is 0.820.